The maximum absolute atomic E-state index is 10.8. The summed E-state index contributed by atoms with van der Waals surface area (Å²) in [6.07, 6.45) is 9.12. The number of piperidine rings is 1. The van der Waals surface area contributed by atoms with E-state index in [1.54, 1.807) is 7.11 Å². The SMILES string of the molecule is COc1ccc(N2CCC(NCC3(O)CCCCCC3)CC2)cc1. The fourth-order valence-corrected chi connectivity index (χ4v) is 4.03. The van der Waals surface area contributed by atoms with Crippen LogP contribution in [0.3, 0.4) is 0 Å². The van der Waals surface area contributed by atoms with Crippen LogP contribution in [-0.2, 0) is 0 Å². The lowest BCUT2D eigenvalue weighted by Gasteiger charge is -2.36. The van der Waals surface area contributed by atoms with E-state index in [0.717, 1.165) is 51.1 Å². The van der Waals surface area contributed by atoms with Gasteiger partial charge in [-0.1, -0.05) is 25.7 Å². The van der Waals surface area contributed by atoms with Crippen molar-refractivity contribution in [2.75, 3.05) is 31.6 Å². The van der Waals surface area contributed by atoms with E-state index >= 15 is 0 Å². The van der Waals surface area contributed by atoms with Crippen molar-refractivity contribution < 1.29 is 9.84 Å². The number of anilines is 1. The van der Waals surface area contributed by atoms with E-state index in [0.29, 0.717) is 6.04 Å². The zero-order valence-corrected chi connectivity index (χ0v) is 15.0. The largest absolute Gasteiger partial charge is 0.497 e. The van der Waals surface area contributed by atoms with Gasteiger partial charge in [0.2, 0.25) is 0 Å². The topological polar surface area (TPSA) is 44.7 Å². The Balaban J connectivity index is 1.44. The fraction of sp³-hybridized carbons (Fsp3) is 0.700. The first-order chi connectivity index (χ1) is 11.7. The Labute approximate surface area is 146 Å². The van der Waals surface area contributed by atoms with Crippen molar-refractivity contribution >= 4 is 5.69 Å². The number of aliphatic hydroxyl groups is 1. The summed E-state index contributed by atoms with van der Waals surface area (Å²) in [6.45, 7) is 2.91. The third-order valence-corrected chi connectivity index (χ3v) is 5.69. The minimum absolute atomic E-state index is 0.469. The van der Waals surface area contributed by atoms with Crippen LogP contribution in [0.5, 0.6) is 5.75 Å². The van der Waals surface area contributed by atoms with Crippen LogP contribution in [0.1, 0.15) is 51.4 Å². The smallest absolute Gasteiger partial charge is 0.119 e. The quantitative estimate of drug-likeness (QED) is 0.812. The molecule has 4 heteroatoms. The minimum Gasteiger partial charge on any atom is -0.497 e. The van der Waals surface area contributed by atoms with Crippen LogP contribution in [0.25, 0.3) is 0 Å². The summed E-state index contributed by atoms with van der Waals surface area (Å²) in [5.41, 5.74) is 0.806. The van der Waals surface area contributed by atoms with Crippen molar-refractivity contribution in [2.24, 2.45) is 0 Å². The van der Waals surface area contributed by atoms with Gasteiger partial charge < -0.3 is 20.1 Å². The number of nitrogens with zero attached hydrogens (tertiary/aromatic N) is 1. The van der Waals surface area contributed by atoms with Crippen LogP contribution in [0.15, 0.2) is 24.3 Å². The molecule has 2 aliphatic rings. The predicted molar refractivity (Wildman–Crippen MR) is 98.9 cm³/mol. The van der Waals surface area contributed by atoms with Gasteiger partial charge in [-0.05, 0) is 49.9 Å². The maximum Gasteiger partial charge on any atom is 0.119 e. The molecule has 1 saturated carbocycles. The van der Waals surface area contributed by atoms with Crippen molar-refractivity contribution in [3.8, 4) is 5.75 Å². The standard InChI is InChI=1S/C20H32N2O2/c1-24-19-8-6-18(7-9-19)22-14-10-17(11-15-22)21-16-20(23)12-4-2-3-5-13-20/h6-9,17,21,23H,2-5,10-16H2,1H3. The van der Waals surface area contributed by atoms with Crippen molar-refractivity contribution in [1.82, 2.24) is 5.32 Å². The number of hydrogen-bond acceptors (Lipinski definition) is 4. The van der Waals surface area contributed by atoms with Crippen molar-refractivity contribution in [3.63, 3.8) is 0 Å². The van der Waals surface area contributed by atoms with Gasteiger partial charge in [0.1, 0.15) is 5.75 Å². The van der Waals surface area contributed by atoms with Gasteiger partial charge in [0, 0.05) is 31.4 Å². The highest BCUT2D eigenvalue weighted by atomic mass is 16.5. The van der Waals surface area contributed by atoms with Crippen LogP contribution in [0.4, 0.5) is 5.69 Å². The van der Waals surface area contributed by atoms with Crippen LogP contribution in [0.2, 0.25) is 0 Å². The van der Waals surface area contributed by atoms with Crippen LogP contribution >= 0.6 is 0 Å². The molecular formula is C20H32N2O2. The van der Waals surface area contributed by atoms with E-state index in [1.807, 2.05) is 12.1 Å². The Bertz CT molecular complexity index is 487. The molecule has 134 valence electrons. The van der Waals surface area contributed by atoms with E-state index < -0.39 is 5.60 Å². The van der Waals surface area contributed by atoms with Gasteiger partial charge >= 0.3 is 0 Å². The average molecular weight is 332 g/mol. The summed E-state index contributed by atoms with van der Waals surface area (Å²) in [6, 6.07) is 8.87. The van der Waals surface area contributed by atoms with Gasteiger partial charge in [-0.3, -0.25) is 0 Å². The van der Waals surface area contributed by atoms with Crippen molar-refractivity contribution in [3.05, 3.63) is 24.3 Å². The zero-order valence-electron chi connectivity index (χ0n) is 15.0. The molecule has 0 spiro atoms. The van der Waals surface area contributed by atoms with Gasteiger partial charge in [0.05, 0.1) is 12.7 Å². The summed E-state index contributed by atoms with van der Waals surface area (Å²) in [5.74, 6) is 0.909. The molecule has 0 atom stereocenters. The van der Waals surface area contributed by atoms with Gasteiger partial charge in [-0.15, -0.1) is 0 Å². The molecule has 1 aromatic carbocycles. The summed E-state index contributed by atoms with van der Waals surface area (Å²) in [5, 5.41) is 14.4. The first kappa shape index (κ1) is 17.6. The van der Waals surface area contributed by atoms with Crippen LogP contribution in [0, 0.1) is 0 Å². The second kappa shape index (κ2) is 8.21. The highest BCUT2D eigenvalue weighted by Crippen LogP contribution is 2.27. The monoisotopic (exact) mass is 332 g/mol. The summed E-state index contributed by atoms with van der Waals surface area (Å²) in [4.78, 5) is 2.44. The number of methoxy groups -OCH3 is 1. The predicted octanol–water partition coefficient (Wildman–Crippen LogP) is 3.34. The summed E-state index contributed by atoms with van der Waals surface area (Å²) in [7, 11) is 1.70. The fourth-order valence-electron chi connectivity index (χ4n) is 4.03. The van der Waals surface area contributed by atoms with Crippen LogP contribution < -0.4 is 15.0 Å². The highest BCUT2D eigenvalue weighted by molar-refractivity contribution is 5.49. The van der Waals surface area contributed by atoms with E-state index in [1.165, 1.54) is 31.4 Å². The molecule has 2 fully saturated rings. The van der Waals surface area contributed by atoms with Gasteiger partial charge in [-0.25, -0.2) is 0 Å². The molecule has 0 amide bonds. The molecular weight excluding hydrogens is 300 g/mol. The Morgan fingerprint density at radius 1 is 1.08 bits per heavy atom. The lowest BCUT2D eigenvalue weighted by molar-refractivity contribution is 0.0220. The molecule has 0 unspecified atom stereocenters. The second-order valence-corrected chi connectivity index (χ2v) is 7.48. The maximum atomic E-state index is 10.8. The molecule has 0 radical (unpaired) electrons. The third-order valence-electron chi connectivity index (χ3n) is 5.69. The highest BCUT2D eigenvalue weighted by Gasteiger charge is 2.29. The molecule has 1 saturated heterocycles. The minimum atomic E-state index is -0.469. The van der Waals surface area contributed by atoms with Crippen molar-refractivity contribution in [1.29, 1.82) is 0 Å². The number of rotatable bonds is 5. The average Bonchev–Trinajstić information content (AvgIpc) is 2.86. The number of benzene rings is 1. The van der Waals surface area contributed by atoms with Crippen LogP contribution in [-0.4, -0.2) is 43.5 Å². The van der Waals surface area contributed by atoms with E-state index in [2.05, 4.69) is 22.3 Å². The molecule has 1 aliphatic heterocycles. The number of hydrogen-bond donors (Lipinski definition) is 2. The molecule has 0 aromatic heterocycles. The molecule has 1 aromatic rings. The van der Waals surface area contributed by atoms with E-state index in [9.17, 15) is 5.11 Å². The first-order valence-corrected chi connectivity index (χ1v) is 9.53. The molecule has 4 nitrogen and oxygen atoms in total. The van der Waals surface area contributed by atoms with Gasteiger partial charge in [-0.2, -0.15) is 0 Å². The number of ether oxygens (including phenoxy) is 1. The lowest BCUT2D eigenvalue weighted by Crippen LogP contribution is -2.48. The summed E-state index contributed by atoms with van der Waals surface area (Å²) >= 11 is 0. The Morgan fingerprint density at radius 3 is 2.29 bits per heavy atom. The molecule has 3 rings (SSSR count). The normalized spacial score (nSPS) is 22.2. The second-order valence-electron chi connectivity index (χ2n) is 7.48. The Hall–Kier alpha value is -1.26. The molecule has 1 heterocycles. The molecule has 24 heavy (non-hydrogen) atoms. The molecule has 0 bridgehead atoms. The third kappa shape index (κ3) is 4.64. The van der Waals surface area contributed by atoms with Crippen molar-refractivity contribution in [2.45, 2.75) is 63.0 Å². The lowest BCUT2D eigenvalue weighted by atomic mass is 9.93. The molecule has 2 N–H and O–H groups in total. The molecule has 1 aliphatic carbocycles. The first-order valence-electron chi connectivity index (χ1n) is 9.53. The van der Waals surface area contributed by atoms with E-state index in [-0.39, 0.29) is 0 Å². The Kier molecular flexibility index (Phi) is 6.01. The van der Waals surface area contributed by atoms with Gasteiger partial charge in [0.15, 0.2) is 0 Å². The van der Waals surface area contributed by atoms with E-state index in [4.69, 9.17) is 4.74 Å². The number of nitrogens with one attached hydrogen (secondary N) is 1. The van der Waals surface area contributed by atoms with Gasteiger partial charge in [0.25, 0.3) is 0 Å². The zero-order chi connectivity index (χ0) is 16.8. The summed E-state index contributed by atoms with van der Waals surface area (Å²) < 4.78 is 5.23. The Morgan fingerprint density at radius 2 is 1.71 bits per heavy atom.